The molecule has 2 rings (SSSR count). The minimum absolute atomic E-state index is 0.0193. The second-order valence-corrected chi connectivity index (χ2v) is 4.79. The maximum absolute atomic E-state index is 11.4. The molecule has 1 saturated carbocycles. The number of hydrogen-bond donors (Lipinski definition) is 2. The summed E-state index contributed by atoms with van der Waals surface area (Å²) in [5.74, 6) is 0. The van der Waals surface area contributed by atoms with Gasteiger partial charge in [-0.05, 0) is 38.4 Å². The Labute approximate surface area is 96.3 Å². The maximum atomic E-state index is 11.4. The highest BCUT2D eigenvalue weighted by molar-refractivity contribution is 5.25. The van der Waals surface area contributed by atoms with E-state index >= 15 is 0 Å². The van der Waals surface area contributed by atoms with E-state index < -0.39 is 0 Å². The topological polar surface area (TPSA) is 44.9 Å². The van der Waals surface area contributed by atoms with E-state index in [0.29, 0.717) is 0 Å². The van der Waals surface area contributed by atoms with Crippen LogP contribution in [0.1, 0.15) is 43.2 Å². The molecule has 1 aromatic rings. The van der Waals surface area contributed by atoms with Gasteiger partial charge in [-0.25, -0.2) is 0 Å². The van der Waals surface area contributed by atoms with Gasteiger partial charge in [-0.1, -0.05) is 19.3 Å². The molecule has 1 aliphatic rings. The fourth-order valence-electron chi connectivity index (χ4n) is 2.71. The van der Waals surface area contributed by atoms with Gasteiger partial charge in [0.05, 0.1) is 0 Å². The molecule has 0 radical (unpaired) electrons. The fraction of sp³-hybridized carbons (Fsp3) is 0.615. The number of H-pyrrole nitrogens is 1. The first-order chi connectivity index (χ1) is 7.68. The standard InChI is InChI=1S/C13H20N2O/c1-10-8-11(9-15-12(10)16)13(14-2)6-4-3-5-7-13/h8-9,14H,3-7H2,1-2H3,(H,15,16). The molecule has 0 aromatic carbocycles. The summed E-state index contributed by atoms with van der Waals surface area (Å²) < 4.78 is 0. The third-order valence-corrected chi connectivity index (χ3v) is 3.83. The Morgan fingerprint density at radius 2 is 2.00 bits per heavy atom. The lowest BCUT2D eigenvalue weighted by molar-refractivity contribution is 0.249. The SMILES string of the molecule is CNC1(c2c[nH]c(=O)c(C)c2)CCCCC1. The first kappa shape index (κ1) is 11.4. The molecule has 0 bridgehead atoms. The molecular formula is C13H20N2O. The molecule has 1 aliphatic carbocycles. The Bertz CT molecular complexity index is 416. The first-order valence-corrected chi connectivity index (χ1v) is 6.07. The van der Waals surface area contributed by atoms with Crippen molar-refractivity contribution >= 4 is 0 Å². The lowest BCUT2D eigenvalue weighted by atomic mass is 9.77. The smallest absolute Gasteiger partial charge is 0.250 e. The van der Waals surface area contributed by atoms with Gasteiger partial charge in [-0.2, -0.15) is 0 Å². The van der Waals surface area contributed by atoms with Crippen LogP contribution in [-0.4, -0.2) is 12.0 Å². The molecule has 0 unspecified atom stereocenters. The van der Waals surface area contributed by atoms with E-state index in [1.807, 2.05) is 26.2 Å². The summed E-state index contributed by atoms with van der Waals surface area (Å²) >= 11 is 0. The van der Waals surface area contributed by atoms with Crippen molar-refractivity contribution in [2.24, 2.45) is 0 Å². The Hall–Kier alpha value is -1.09. The number of rotatable bonds is 2. The van der Waals surface area contributed by atoms with Crippen LogP contribution in [0.5, 0.6) is 0 Å². The molecule has 0 spiro atoms. The second-order valence-electron chi connectivity index (χ2n) is 4.79. The molecule has 0 amide bonds. The van der Waals surface area contributed by atoms with Crippen molar-refractivity contribution in [1.82, 2.24) is 10.3 Å². The van der Waals surface area contributed by atoms with Crippen LogP contribution >= 0.6 is 0 Å². The van der Waals surface area contributed by atoms with Crippen LogP contribution in [0.25, 0.3) is 0 Å². The van der Waals surface area contributed by atoms with Crippen molar-refractivity contribution in [2.45, 2.75) is 44.6 Å². The largest absolute Gasteiger partial charge is 0.329 e. The van der Waals surface area contributed by atoms with Crippen molar-refractivity contribution < 1.29 is 0 Å². The van der Waals surface area contributed by atoms with Gasteiger partial charge in [-0.3, -0.25) is 4.79 Å². The summed E-state index contributed by atoms with van der Waals surface area (Å²) in [5, 5.41) is 3.46. The molecule has 1 heterocycles. The third kappa shape index (κ3) is 1.92. The predicted molar refractivity (Wildman–Crippen MR) is 65.6 cm³/mol. The summed E-state index contributed by atoms with van der Waals surface area (Å²) in [5.41, 5.74) is 2.13. The summed E-state index contributed by atoms with van der Waals surface area (Å²) in [6.07, 6.45) is 8.05. The summed E-state index contributed by atoms with van der Waals surface area (Å²) in [6.45, 7) is 1.87. The molecule has 16 heavy (non-hydrogen) atoms. The lowest BCUT2D eigenvalue weighted by Gasteiger charge is -2.37. The Morgan fingerprint density at radius 3 is 2.56 bits per heavy atom. The van der Waals surface area contributed by atoms with E-state index in [-0.39, 0.29) is 11.1 Å². The van der Waals surface area contributed by atoms with Gasteiger partial charge < -0.3 is 10.3 Å². The zero-order valence-electron chi connectivity index (χ0n) is 10.1. The van der Waals surface area contributed by atoms with Gasteiger partial charge >= 0.3 is 0 Å². The van der Waals surface area contributed by atoms with E-state index in [4.69, 9.17) is 0 Å². The van der Waals surface area contributed by atoms with Gasteiger partial charge in [0.1, 0.15) is 0 Å². The van der Waals surface area contributed by atoms with Crippen molar-refractivity contribution in [3.63, 3.8) is 0 Å². The Morgan fingerprint density at radius 1 is 1.31 bits per heavy atom. The molecule has 3 heteroatoms. The van der Waals surface area contributed by atoms with Crippen molar-refractivity contribution in [3.05, 3.63) is 33.7 Å². The van der Waals surface area contributed by atoms with Gasteiger partial charge in [0.2, 0.25) is 0 Å². The van der Waals surface area contributed by atoms with E-state index in [9.17, 15) is 4.79 Å². The molecule has 0 saturated heterocycles. The Kier molecular flexibility index (Phi) is 3.15. The van der Waals surface area contributed by atoms with Crippen molar-refractivity contribution in [1.29, 1.82) is 0 Å². The second kappa shape index (κ2) is 4.42. The minimum Gasteiger partial charge on any atom is -0.329 e. The monoisotopic (exact) mass is 220 g/mol. The van der Waals surface area contributed by atoms with E-state index in [1.165, 1.54) is 24.8 Å². The molecule has 0 atom stereocenters. The summed E-state index contributed by atoms with van der Waals surface area (Å²) in [7, 11) is 2.02. The molecule has 3 nitrogen and oxygen atoms in total. The predicted octanol–water partition coefficient (Wildman–Crippen LogP) is 2.06. The average molecular weight is 220 g/mol. The van der Waals surface area contributed by atoms with Gasteiger partial charge in [0.25, 0.3) is 5.56 Å². The first-order valence-electron chi connectivity index (χ1n) is 6.07. The van der Waals surface area contributed by atoms with E-state index in [1.54, 1.807) is 0 Å². The highest BCUT2D eigenvalue weighted by atomic mass is 16.1. The third-order valence-electron chi connectivity index (χ3n) is 3.83. The molecular weight excluding hydrogens is 200 g/mol. The number of hydrogen-bond acceptors (Lipinski definition) is 2. The maximum Gasteiger partial charge on any atom is 0.250 e. The van der Waals surface area contributed by atoms with E-state index in [2.05, 4.69) is 10.3 Å². The van der Waals surface area contributed by atoms with E-state index in [0.717, 1.165) is 18.4 Å². The number of aromatic nitrogens is 1. The fourth-order valence-corrected chi connectivity index (χ4v) is 2.71. The van der Waals surface area contributed by atoms with Gasteiger partial charge in [-0.15, -0.1) is 0 Å². The van der Waals surface area contributed by atoms with Gasteiger partial charge in [0, 0.05) is 17.3 Å². The molecule has 1 fully saturated rings. The summed E-state index contributed by atoms with van der Waals surface area (Å²) in [6, 6.07) is 2.03. The quantitative estimate of drug-likeness (QED) is 0.801. The summed E-state index contributed by atoms with van der Waals surface area (Å²) in [4.78, 5) is 14.2. The zero-order chi connectivity index (χ0) is 11.6. The van der Waals surface area contributed by atoms with Crippen LogP contribution in [0.15, 0.2) is 17.1 Å². The van der Waals surface area contributed by atoms with Gasteiger partial charge in [0.15, 0.2) is 0 Å². The van der Waals surface area contributed by atoms with Crippen LogP contribution in [-0.2, 0) is 5.54 Å². The highest BCUT2D eigenvalue weighted by Crippen LogP contribution is 2.36. The number of aryl methyl sites for hydroxylation is 1. The van der Waals surface area contributed by atoms with Crippen LogP contribution in [0.4, 0.5) is 0 Å². The molecule has 2 N–H and O–H groups in total. The van der Waals surface area contributed by atoms with Crippen LogP contribution < -0.4 is 10.9 Å². The number of nitrogens with one attached hydrogen (secondary N) is 2. The van der Waals surface area contributed by atoms with Crippen molar-refractivity contribution in [2.75, 3.05) is 7.05 Å². The lowest BCUT2D eigenvalue weighted by Crippen LogP contribution is -2.42. The van der Waals surface area contributed by atoms with Crippen LogP contribution in [0, 0.1) is 6.92 Å². The highest BCUT2D eigenvalue weighted by Gasteiger charge is 2.32. The van der Waals surface area contributed by atoms with Crippen molar-refractivity contribution in [3.8, 4) is 0 Å². The zero-order valence-corrected chi connectivity index (χ0v) is 10.1. The molecule has 88 valence electrons. The average Bonchev–Trinajstić information content (AvgIpc) is 2.33. The van der Waals surface area contributed by atoms with Crippen LogP contribution in [0.2, 0.25) is 0 Å². The number of pyridine rings is 1. The van der Waals surface area contributed by atoms with Crippen LogP contribution in [0.3, 0.4) is 0 Å². The Balaban J connectivity index is 2.39. The molecule has 1 aromatic heterocycles. The minimum atomic E-state index is 0.0193. The molecule has 0 aliphatic heterocycles. The number of aromatic amines is 1. The normalized spacial score (nSPS) is 19.6.